The Bertz CT molecular complexity index is 700. The number of hydrogen-bond acceptors (Lipinski definition) is 6. The van der Waals surface area contributed by atoms with Crippen LogP contribution in [0.5, 0.6) is 5.75 Å². The maximum absolute atomic E-state index is 12.4. The average molecular weight is 379 g/mol. The quantitative estimate of drug-likeness (QED) is 0.580. The SMILES string of the molecule is CCN1C(=O)C(=Cc2ccc(OC)c(CN3CCOCC3)c2)SC1=S. The van der Waals surface area contributed by atoms with Crippen molar-refractivity contribution in [2.24, 2.45) is 0 Å². The van der Waals surface area contributed by atoms with Gasteiger partial charge < -0.3 is 9.47 Å². The van der Waals surface area contributed by atoms with E-state index in [1.165, 1.54) is 11.8 Å². The summed E-state index contributed by atoms with van der Waals surface area (Å²) in [6.45, 7) is 6.71. The minimum Gasteiger partial charge on any atom is -0.496 e. The van der Waals surface area contributed by atoms with Crippen molar-refractivity contribution in [2.45, 2.75) is 13.5 Å². The zero-order valence-electron chi connectivity index (χ0n) is 14.5. The Labute approximate surface area is 157 Å². The van der Waals surface area contributed by atoms with E-state index in [2.05, 4.69) is 11.0 Å². The number of methoxy groups -OCH3 is 1. The predicted molar refractivity (Wildman–Crippen MR) is 105 cm³/mol. The predicted octanol–water partition coefficient (Wildman–Crippen LogP) is 2.75. The molecule has 7 heteroatoms. The Morgan fingerprint density at radius 3 is 2.76 bits per heavy atom. The second kappa shape index (κ2) is 8.31. The fraction of sp³-hybridized carbons (Fsp3) is 0.444. The van der Waals surface area contributed by atoms with E-state index in [-0.39, 0.29) is 5.91 Å². The number of thiocarbonyl (C=S) groups is 1. The van der Waals surface area contributed by atoms with Gasteiger partial charge in [-0.2, -0.15) is 0 Å². The van der Waals surface area contributed by atoms with Gasteiger partial charge in [-0.3, -0.25) is 14.6 Å². The van der Waals surface area contributed by atoms with Crippen molar-refractivity contribution in [1.82, 2.24) is 9.80 Å². The van der Waals surface area contributed by atoms with Gasteiger partial charge in [-0.05, 0) is 30.7 Å². The average Bonchev–Trinajstić information content (AvgIpc) is 2.89. The summed E-state index contributed by atoms with van der Waals surface area (Å²) >= 11 is 6.64. The van der Waals surface area contributed by atoms with Gasteiger partial charge >= 0.3 is 0 Å². The Balaban J connectivity index is 1.82. The fourth-order valence-corrected chi connectivity index (χ4v) is 4.32. The minimum atomic E-state index is -0.0111. The molecule has 25 heavy (non-hydrogen) atoms. The summed E-state index contributed by atoms with van der Waals surface area (Å²) in [4.78, 5) is 17.0. The molecule has 2 saturated heterocycles. The van der Waals surface area contributed by atoms with E-state index in [0.717, 1.165) is 49.7 Å². The summed E-state index contributed by atoms with van der Waals surface area (Å²) in [5.41, 5.74) is 2.10. The van der Waals surface area contributed by atoms with E-state index in [1.807, 2.05) is 25.1 Å². The Morgan fingerprint density at radius 2 is 2.12 bits per heavy atom. The van der Waals surface area contributed by atoms with E-state index >= 15 is 0 Å². The first kappa shape index (κ1) is 18.4. The summed E-state index contributed by atoms with van der Waals surface area (Å²) in [6, 6.07) is 6.02. The van der Waals surface area contributed by atoms with Gasteiger partial charge in [-0.15, -0.1) is 0 Å². The van der Waals surface area contributed by atoms with Crippen LogP contribution in [-0.4, -0.2) is 60.0 Å². The van der Waals surface area contributed by atoms with E-state index in [1.54, 1.807) is 12.0 Å². The van der Waals surface area contributed by atoms with Gasteiger partial charge in [0.15, 0.2) is 0 Å². The third-order valence-corrected chi connectivity index (χ3v) is 5.67. The normalized spacial score (nSPS) is 20.6. The van der Waals surface area contributed by atoms with Gasteiger partial charge in [-0.25, -0.2) is 0 Å². The lowest BCUT2D eigenvalue weighted by atomic mass is 10.1. The molecular weight excluding hydrogens is 356 g/mol. The molecular formula is C18H22N2O3S2. The second-order valence-electron chi connectivity index (χ2n) is 5.89. The van der Waals surface area contributed by atoms with Gasteiger partial charge in [0.05, 0.1) is 25.2 Å². The number of nitrogens with zero attached hydrogens (tertiary/aromatic N) is 2. The van der Waals surface area contributed by atoms with Crippen LogP contribution in [0.3, 0.4) is 0 Å². The molecule has 134 valence electrons. The van der Waals surface area contributed by atoms with Crippen molar-refractivity contribution in [3.05, 3.63) is 34.2 Å². The number of thioether (sulfide) groups is 1. The number of rotatable bonds is 5. The number of carbonyl (C=O) groups is 1. The van der Waals surface area contributed by atoms with Crippen molar-refractivity contribution in [2.75, 3.05) is 40.0 Å². The molecule has 0 spiro atoms. The summed E-state index contributed by atoms with van der Waals surface area (Å²) in [6.07, 6.45) is 1.91. The molecule has 0 bridgehead atoms. The van der Waals surface area contributed by atoms with Crippen LogP contribution in [0.1, 0.15) is 18.1 Å². The van der Waals surface area contributed by atoms with Gasteiger partial charge in [0.2, 0.25) is 0 Å². The molecule has 0 saturated carbocycles. The first-order chi connectivity index (χ1) is 12.1. The Hall–Kier alpha value is -1.41. The smallest absolute Gasteiger partial charge is 0.266 e. The molecule has 2 fully saturated rings. The van der Waals surface area contributed by atoms with Crippen molar-refractivity contribution in [1.29, 1.82) is 0 Å². The highest BCUT2D eigenvalue weighted by molar-refractivity contribution is 8.26. The number of amides is 1. The molecule has 2 heterocycles. The number of hydrogen-bond donors (Lipinski definition) is 0. The van der Waals surface area contributed by atoms with Crippen LogP contribution >= 0.6 is 24.0 Å². The van der Waals surface area contributed by atoms with Crippen LogP contribution in [0.4, 0.5) is 0 Å². The number of ether oxygens (including phenoxy) is 2. The Morgan fingerprint density at radius 1 is 1.36 bits per heavy atom. The molecule has 2 aliphatic rings. The summed E-state index contributed by atoms with van der Waals surface area (Å²) < 4.78 is 11.5. The van der Waals surface area contributed by atoms with Crippen LogP contribution in [0.15, 0.2) is 23.1 Å². The van der Waals surface area contributed by atoms with Crippen molar-refractivity contribution >= 4 is 40.3 Å². The molecule has 0 radical (unpaired) electrons. The molecule has 2 aliphatic heterocycles. The lowest BCUT2D eigenvalue weighted by molar-refractivity contribution is -0.121. The number of likely N-dealkylation sites (N-methyl/N-ethyl adjacent to an activating group) is 1. The third kappa shape index (κ3) is 4.23. The number of benzene rings is 1. The molecule has 1 aromatic carbocycles. The maximum atomic E-state index is 12.4. The molecule has 0 N–H and O–H groups in total. The van der Waals surface area contributed by atoms with Crippen LogP contribution in [0.2, 0.25) is 0 Å². The monoisotopic (exact) mass is 378 g/mol. The van der Waals surface area contributed by atoms with Crippen molar-refractivity contribution < 1.29 is 14.3 Å². The Kier molecular flexibility index (Phi) is 6.11. The van der Waals surface area contributed by atoms with Gasteiger partial charge in [-0.1, -0.05) is 30.0 Å². The van der Waals surface area contributed by atoms with Crippen LogP contribution in [0.25, 0.3) is 6.08 Å². The topological polar surface area (TPSA) is 42.0 Å². The standard InChI is InChI=1S/C18H22N2O3S2/c1-3-20-17(21)16(25-18(20)24)11-13-4-5-15(22-2)14(10-13)12-19-6-8-23-9-7-19/h4-5,10-11H,3,6-9,12H2,1-2H3. The zero-order chi connectivity index (χ0) is 17.8. The first-order valence-electron chi connectivity index (χ1n) is 8.34. The minimum absolute atomic E-state index is 0.0111. The lowest BCUT2D eigenvalue weighted by Gasteiger charge is -2.27. The summed E-state index contributed by atoms with van der Waals surface area (Å²) in [5.74, 6) is 0.854. The molecule has 0 atom stereocenters. The van der Waals surface area contributed by atoms with Gasteiger partial charge in [0.1, 0.15) is 10.1 Å². The molecule has 0 unspecified atom stereocenters. The van der Waals surface area contributed by atoms with Crippen LogP contribution in [0, 0.1) is 0 Å². The summed E-state index contributed by atoms with van der Waals surface area (Å²) in [7, 11) is 1.68. The maximum Gasteiger partial charge on any atom is 0.266 e. The second-order valence-corrected chi connectivity index (χ2v) is 7.56. The first-order valence-corrected chi connectivity index (χ1v) is 9.57. The molecule has 1 amide bonds. The highest BCUT2D eigenvalue weighted by atomic mass is 32.2. The molecule has 3 rings (SSSR count). The van der Waals surface area contributed by atoms with Gasteiger partial charge in [0.25, 0.3) is 5.91 Å². The summed E-state index contributed by atoms with van der Waals surface area (Å²) in [5, 5.41) is 0. The van der Waals surface area contributed by atoms with E-state index in [9.17, 15) is 4.79 Å². The lowest BCUT2D eigenvalue weighted by Crippen LogP contribution is -2.35. The van der Waals surface area contributed by atoms with E-state index < -0.39 is 0 Å². The van der Waals surface area contributed by atoms with E-state index in [0.29, 0.717) is 15.8 Å². The van der Waals surface area contributed by atoms with Crippen molar-refractivity contribution in [3.63, 3.8) is 0 Å². The van der Waals surface area contributed by atoms with E-state index in [4.69, 9.17) is 21.7 Å². The highest BCUT2D eigenvalue weighted by Gasteiger charge is 2.30. The number of carbonyl (C=O) groups excluding carboxylic acids is 1. The van der Waals surface area contributed by atoms with Gasteiger partial charge in [0, 0.05) is 31.7 Å². The number of morpholine rings is 1. The molecule has 0 aliphatic carbocycles. The zero-order valence-corrected chi connectivity index (χ0v) is 16.1. The van der Waals surface area contributed by atoms with Crippen molar-refractivity contribution in [3.8, 4) is 5.75 Å². The fourth-order valence-electron chi connectivity index (χ4n) is 2.94. The van der Waals surface area contributed by atoms with Crippen LogP contribution < -0.4 is 4.74 Å². The van der Waals surface area contributed by atoms with Crippen LogP contribution in [-0.2, 0) is 16.1 Å². The molecule has 1 aromatic rings. The molecule has 0 aromatic heterocycles. The third-order valence-electron chi connectivity index (χ3n) is 4.29. The highest BCUT2D eigenvalue weighted by Crippen LogP contribution is 2.33. The largest absolute Gasteiger partial charge is 0.496 e. The molecule has 5 nitrogen and oxygen atoms in total.